The number of rotatable bonds is 6. The second kappa shape index (κ2) is 8.33. The molecule has 28 heavy (non-hydrogen) atoms. The lowest BCUT2D eigenvalue weighted by molar-refractivity contribution is -0.124. The molecule has 3 heterocycles. The quantitative estimate of drug-likeness (QED) is 0.714. The van der Waals surface area contributed by atoms with Gasteiger partial charge >= 0.3 is 0 Å². The van der Waals surface area contributed by atoms with E-state index < -0.39 is 0 Å². The smallest absolute Gasteiger partial charge is 0.223 e. The topological polar surface area (TPSA) is 72.7 Å². The van der Waals surface area contributed by atoms with Crippen molar-refractivity contribution in [1.82, 2.24) is 25.1 Å². The molecule has 1 amide bonds. The number of carbonyl (C=O) groups is 1. The van der Waals surface area contributed by atoms with E-state index in [4.69, 9.17) is 0 Å². The fraction of sp³-hybridized carbons (Fsp3) is 0.364. The Morgan fingerprint density at radius 3 is 2.61 bits per heavy atom. The van der Waals surface area contributed by atoms with E-state index in [9.17, 15) is 4.79 Å². The maximum absolute atomic E-state index is 12.3. The van der Waals surface area contributed by atoms with Crippen molar-refractivity contribution in [3.63, 3.8) is 0 Å². The van der Waals surface area contributed by atoms with Crippen molar-refractivity contribution in [2.24, 2.45) is 5.92 Å². The van der Waals surface area contributed by atoms with Crippen LogP contribution in [0.2, 0.25) is 0 Å². The molecule has 0 aliphatic heterocycles. The average molecular weight is 375 g/mol. The van der Waals surface area contributed by atoms with Gasteiger partial charge in [-0.3, -0.25) is 19.4 Å². The van der Waals surface area contributed by atoms with Crippen LogP contribution in [0.25, 0.3) is 22.4 Å². The first kappa shape index (κ1) is 18.3. The van der Waals surface area contributed by atoms with E-state index in [0.717, 1.165) is 53.8 Å². The van der Waals surface area contributed by atoms with Gasteiger partial charge in [0.25, 0.3) is 0 Å². The van der Waals surface area contributed by atoms with Gasteiger partial charge < -0.3 is 5.32 Å². The van der Waals surface area contributed by atoms with Crippen LogP contribution >= 0.6 is 0 Å². The Morgan fingerprint density at radius 2 is 1.89 bits per heavy atom. The first-order valence-corrected chi connectivity index (χ1v) is 9.89. The first-order valence-electron chi connectivity index (χ1n) is 9.89. The molecule has 1 saturated carbocycles. The SMILES string of the molecule is Cc1ccc(-c2c(-c3ccncc3)cnn2CCNC(=O)C2CCCC2)cn1. The van der Waals surface area contributed by atoms with Gasteiger partial charge in [-0.2, -0.15) is 5.10 Å². The summed E-state index contributed by atoms with van der Waals surface area (Å²) >= 11 is 0. The molecule has 6 nitrogen and oxygen atoms in total. The van der Waals surface area contributed by atoms with Gasteiger partial charge in [-0.15, -0.1) is 0 Å². The van der Waals surface area contributed by atoms with Crippen LogP contribution < -0.4 is 5.32 Å². The molecule has 1 aliphatic rings. The van der Waals surface area contributed by atoms with Crippen molar-refractivity contribution in [3.05, 3.63) is 54.7 Å². The van der Waals surface area contributed by atoms with Crippen LogP contribution in [0.15, 0.2) is 49.1 Å². The summed E-state index contributed by atoms with van der Waals surface area (Å²) in [6.07, 6.45) is 11.7. The zero-order valence-electron chi connectivity index (χ0n) is 16.1. The van der Waals surface area contributed by atoms with E-state index in [1.165, 1.54) is 0 Å². The molecular weight excluding hydrogens is 350 g/mol. The highest BCUT2D eigenvalue weighted by Gasteiger charge is 2.22. The summed E-state index contributed by atoms with van der Waals surface area (Å²) in [5.41, 5.74) is 5.09. The number of amides is 1. The van der Waals surface area contributed by atoms with Crippen molar-refractivity contribution in [1.29, 1.82) is 0 Å². The number of nitrogens with zero attached hydrogens (tertiary/aromatic N) is 4. The van der Waals surface area contributed by atoms with Gasteiger partial charge in [0.15, 0.2) is 0 Å². The number of aryl methyl sites for hydroxylation is 1. The summed E-state index contributed by atoms with van der Waals surface area (Å²) < 4.78 is 1.96. The molecule has 0 bridgehead atoms. The Labute approximate surface area is 165 Å². The standard InChI is InChI=1S/C22H25N5O/c1-16-6-7-19(14-25-16)21-20(17-8-10-23-11-9-17)15-26-27(21)13-12-24-22(28)18-4-2-3-5-18/h6-11,14-15,18H,2-5,12-13H2,1H3,(H,24,28). The van der Waals surface area contributed by atoms with Gasteiger partial charge in [-0.25, -0.2) is 0 Å². The second-order valence-corrected chi connectivity index (χ2v) is 7.33. The number of hydrogen-bond acceptors (Lipinski definition) is 4. The van der Waals surface area contributed by atoms with Crippen LogP contribution in [0.5, 0.6) is 0 Å². The molecule has 3 aromatic heterocycles. The molecule has 1 fully saturated rings. The number of hydrogen-bond donors (Lipinski definition) is 1. The summed E-state index contributed by atoms with van der Waals surface area (Å²) in [5, 5.41) is 7.69. The minimum Gasteiger partial charge on any atom is -0.354 e. The van der Waals surface area contributed by atoms with Crippen LogP contribution in [0.1, 0.15) is 31.4 Å². The number of nitrogens with one attached hydrogen (secondary N) is 1. The van der Waals surface area contributed by atoms with E-state index in [-0.39, 0.29) is 11.8 Å². The van der Waals surface area contributed by atoms with Crippen molar-refractivity contribution < 1.29 is 4.79 Å². The Bertz CT molecular complexity index is 927. The Morgan fingerprint density at radius 1 is 1.11 bits per heavy atom. The van der Waals surface area contributed by atoms with Crippen LogP contribution in [-0.2, 0) is 11.3 Å². The van der Waals surface area contributed by atoms with Gasteiger partial charge in [0.05, 0.1) is 18.4 Å². The lowest BCUT2D eigenvalue weighted by atomic mass is 10.0. The van der Waals surface area contributed by atoms with Crippen LogP contribution in [0.3, 0.4) is 0 Å². The largest absolute Gasteiger partial charge is 0.354 e. The lowest BCUT2D eigenvalue weighted by Crippen LogP contribution is -2.32. The molecule has 0 radical (unpaired) electrons. The van der Waals surface area contributed by atoms with Gasteiger partial charge in [-0.1, -0.05) is 12.8 Å². The van der Waals surface area contributed by atoms with Gasteiger partial charge in [0.2, 0.25) is 5.91 Å². The molecule has 0 saturated heterocycles. The minimum absolute atomic E-state index is 0.178. The van der Waals surface area contributed by atoms with Gasteiger partial charge in [0.1, 0.15) is 0 Å². The molecule has 3 aromatic rings. The summed E-state index contributed by atoms with van der Waals surface area (Å²) in [7, 11) is 0. The molecule has 0 spiro atoms. The van der Waals surface area contributed by atoms with Crippen molar-refractivity contribution in [2.45, 2.75) is 39.2 Å². The first-order chi connectivity index (χ1) is 13.7. The van der Waals surface area contributed by atoms with Gasteiger partial charge in [0, 0.05) is 47.9 Å². The molecule has 4 rings (SSSR count). The third-order valence-corrected chi connectivity index (χ3v) is 5.36. The predicted molar refractivity (Wildman–Crippen MR) is 108 cm³/mol. The molecule has 1 N–H and O–H groups in total. The highest BCUT2D eigenvalue weighted by atomic mass is 16.1. The zero-order valence-corrected chi connectivity index (χ0v) is 16.1. The summed E-state index contributed by atoms with van der Waals surface area (Å²) in [6.45, 7) is 3.16. The van der Waals surface area contributed by atoms with Crippen molar-refractivity contribution in [3.8, 4) is 22.4 Å². The van der Waals surface area contributed by atoms with E-state index in [0.29, 0.717) is 13.1 Å². The number of aromatic nitrogens is 4. The van der Waals surface area contributed by atoms with Crippen LogP contribution in [0.4, 0.5) is 0 Å². The molecule has 6 heteroatoms. The Kier molecular flexibility index (Phi) is 5.46. The second-order valence-electron chi connectivity index (χ2n) is 7.33. The number of pyridine rings is 2. The van der Waals surface area contributed by atoms with Gasteiger partial charge in [-0.05, 0) is 49.6 Å². The minimum atomic E-state index is 0.178. The maximum Gasteiger partial charge on any atom is 0.223 e. The van der Waals surface area contributed by atoms with E-state index in [1.807, 2.05) is 42.2 Å². The monoisotopic (exact) mass is 375 g/mol. The normalized spacial score (nSPS) is 14.3. The number of carbonyl (C=O) groups excluding carboxylic acids is 1. The molecular formula is C22H25N5O. The predicted octanol–water partition coefficient (Wildman–Crippen LogP) is 3.62. The molecule has 0 unspecified atom stereocenters. The molecule has 144 valence electrons. The molecule has 0 aromatic carbocycles. The third-order valence-electron chi connectivity index (χ3n) is 5.36. The Balaban J connectivity index is 1.57. The summed E-state index contributed by atoms with van der Waals surface area (Å²) in [5.74, 6) is 0.364. The van der Waals surface area contributed by atoms with Crippen LogP contribution in [-0.4, -0.2) is 32.2 Å². The zero-order chi connectivity index (χ0) is 19.3. The summed E-state index contributed by atoms with van der Waals surface area (Å²) in [4.78, 5) is 20.9. The van der Waals surface area contributed by atoms with E-state index in [2.05, 4.69) is 26.4 Å². The van der Waals surface area contributed by atoms with Crippen LogP contribution in [0, 0.1) is 12.8 Å². The van der Waals surface area contributed by atoms with Crippen molar-refractivity contribution >= 4 is 5.91 Å². The third kappa shape index (κ3) is 3.96. The molecule has 0 atom stereocenters. The highest BCUT2D eigenvalue weighted by Crippen LogP contribution is 2.31. The maximum atomic E-state index is 12.3. The van der Waals surface area contributed by atoms with Crippen molar-refractivity contribution in [2.75, 3.05) is 6.54 Å². The fourth-order valence-corrected chi connectivity index (χ4v) is 3.83. The van der Waals surface area contributed by atoms with E-state index >= 15 is 0 Å². The molecule has 1 aliphatic carbocycles. The lowest BCUT2D eigenvalue weighted by Gasteiger charge is -2.13. The average Bonchev–Trinajstić information content (AvgIpc) is 3.40. The van der Waals surface area contributed by atoms with E-state index in [1.54, 1.807) is 12.4 Å². The summed E-state index contributed by atoms with van der Waals surface area (Å²) in [6, 6.07) is 8.03. The Hall–Kier alpha value is -3.02. The fourth-order valence-electron chi connectivity index (χ4n) is 3.83. The highest BCUT2D eigenvalue weighted by molar-refractivity contribution is 5.80.